The van der Waals surface area contributed by atoms with Crippen LogP contribution in [-0.4, -0.2) is 44.0 Å². The molecule has 8 nitrogen and oxygen atoms in total. The molecule has 6 rings (SSSR count). The molecule has 0 radical (unpaired) electrons. The molecular weight excluding hydrogens is 542 g/mol. The smallest absolute Gasteiger partial charge is 0.251 e. The maximum absolute atomic E-state index is 15.7. The second-order valence-electron chi connectivity index (χ2n) is 11.9. The van der Waals surface area contributed by atoms with E-state index in [-0.39, 0.29) is 35.5 Å². The molecule has 2 fully saturated rings. The van der Waals surface area contributed by atoms with Crippen LogP contribution < -0.4 is 10.1 Å². The monoisotopic (exact) mass is 574 g/mol. The molecule has 0 saturated heterocycles. The van der Waals surface area contributed by atoms with Crippen molar-refractivity contribution in [2.24, 2.45) is 5.92 Å². The van der Waals surface area contributed by atoms with Crippen molar-refractivity contribution in [1.82, 2.24) is 20.5 Å². The Morgan fingerprint density at radius 3 is 2.38 bits per heavy atom. The summed E-state index contributed by atoms with van der Waals surface area (Å²) in [6.45, 7) is 4.49. The largest absolute Gasteiger partial charge is 0.488 e. The molecule has 4 aromatic rings. The molecule has 2 aliphatic rings. The molecule has 0 bridgehead atoms. The molecule has 10 heteroatoms. The number of carbonyl (C=O) groups is 1. The predicted octanol–water partition coefficient (Wildman–Crippen LogP) is 5.07. The molecule has 2 aliphatic carbocycles. The minimum atomic E-state index is -1.65. The average molecular weight is 575 g/mol. The van der Waals surface area contributed by atoms with Gasteiger partial charge in [0, 0.05) is 22.1 Å². The highest BCUT2D eigenvalue weighted by molar-refractivity contribution is 5.99. The number of rotatable bonds is 9. The normalized spacial score (nSPS) is 16.7. The zero-order valence-electron chi connectivity index (χ0n) is 23.6. The van der Waals surface area contributed by atoms with Crippen molar-refractivity contribution >= 4 is 16.8 Å². The van der Waals surface area contributed by atoms with Crippen molar-refractivity contribution < 1.29 is 28.5 Å². The maximum atomic E-state index is 15.7. The predicted molar refractivity (Wildman–Crippen MR) is 152 cm³/mol. The summed E-state index contributed by atoms with van der Waals surface area (Å²) in [5, 5.41) is 34.8. The van der Waals surface area contributed by atoms with E-state index in [1.165, 1.54) is 44.2 Å². The lowest BCUT2D eigenvalue weighted by molar-refractivity contribution is 0.00864. The number of hydrogen-bond acceptors (Lipinski definition) is 7. The molecule has 2 saturated carbocycles. The number of benzene rings is 2. The summed E-state index contributed by atoms with van der Waals surface area (Å²) in [5.74, 6) is -1.46. The summed E-state index contributed by atoms with van der Waals surface area (Å²) in [5.41, 5.74) is -1.43. The topological polar surface area (TPSA) is 117 Å². The van der Waals surface area contributed by atoms with Crippen molar-refractivity contribution in [1.29, 1.82) is 0 Å². The summed E-state index contributed by atoms with van der Waals surface area (Å²) in [6.07, 6.45) is 3.32. The molecule has 218 valence electrons. The van der Waals surface area contributed by atoms with Gasteiger partial charge in [0.05, 0.1) is 29.6 Å². The van der Waals surface area contributed by atoms with E-state index in [0.29, 0.717) is 46.3 Å². The Labute approximate surface area is 241 Å². The first-order chi connectivity index (χ1) is 19.9. The van der Waals surface area contributed by atoms with Crippen molar-refractivity contribution in [3.8, 4) is 17.0 Å². The number of nitrogens with zero attached hydrogens (tertiary/aromatic N) is 3. The maximum Gasteiger partial charge on any atom is 0.251 e. The molecule has 1 atom stereocenters. The van der Waals surface area contributed by atoms with Crippen LogP contribution in [0, 0.1) is 24.5 Å². The van der Waals surface area contributed by atoms with Crippen LogP contribution in [-0.2, 0) is 11.2 Å². The lowest BCUT2D eigenvalue weighted by Gasteiger charge is -2.31. The Kier molecular flexibility index (Phi) is 6.93. The summed E-state index contributed by atoms with van der Waals surface area (Å²) in [4.78, 5) is 18.0. The van der Waals surface area contributed by atoms with Gasteiger partial charge < -0.3 is 20.3 Å². The molecule has 2 heterocycles. The van der Waals surface area contributed by atoms with Crippen LogP contribution >= 0.6 is 0 Å². The van der Waals surface area contributed by atoms with Gasteiger partial charge >= 0.3 is 0 Å². The Balaban J connectivity index is 1.35. The third kappa shape index (κ3) is 5.56. The van der Waals surface area contributed by atoms with E-state index in [1.54, 1.807) is 12.1 Å². The second kappa shape index (κ2) is 10.4. The van der Waals surface area contributed by atoms with E-state index in [0.717, 1.165) is 12.8 Å². The molecule has 42 heavy (non-hydrogen) atoms. The van der Waals surface area contributed by atoms with E-state index in [1.807, 2.05) is 13.0 Å². The highest BCUT2D eigenvalue weighted by Crippen LogP contribution is 2.46. The Morgan fingerprint density at radius 1 is 1.02 bits per heavy atom. The average Bonchev–Trinajstić information content (AvgIpc) is 3.86. The van der Waals surface area contributed by atoms with Gasteiger partial charge in [0.2, 0.25) is 0 Å². The molecule has 0 aliphatic heterocycles. The van der Waals surface area contributed by atoms with Gasteiger partial charge in [-0.15, -0.1) is 5.10 Å². The van der Waals surface area contributed by atoms with Crippen LogP contribution in [0.25, 0.3) is 22.2 Å². The van der Waals surface area contributed by atoms with E-state index >= 15 is 4.39 Å². The van der Waals surface area contributed by atoms with E-state index in [2.05, 4.69) is 20.5 Å². The van der Waals surface area contributed by atoms with Crippen molar-refractivity contribution in [2.75, 3.05) is 6.54 Å². The molecule has 2 aromatic carbocycles. The quantitative estimate of drug-likeness (QED) is 0.255. The van der Waals surface area contributed by atoms with Crippen LogP contribution in [0.3, 0.4) is 0 Å². The summed E-state index contributed by atoms with van der Waals surface area (Å²) in [6, 6.07) is 11.7. The lowest BCUT2D eigenvalue weighted by atomic mass is 9.87. The zero-order chi connectivity index (χ0) is 29.8. The number of pyridine rings is 1. The number of amides is 1. The number of aromatic nitrogens is 3. The van der Waals surface area contributed by atoms with E-state index < -0.39 is 28.7 Å². The minimum Gasteiger partial charge on any atom is -0.488 e. The molecule has 0 spiro atoms. The fraction of sp³-hybridized carbons (Fsp3) is 0.375. The number of nitrogens with one attached hydrogen (secondary N) is 1. The number of halogens is 2. The van der Waals surface area contributed by atoms with Gasteiger partial charge in [-0.2, -0.15) is 5.10 Å². The highest BCUT2D eigenvalue weighted by Gasteiger charge is 2.47. The van der Waals surface area contributed by atoms with Crippen LogP contribution in [0.5, 0.6) is 5.75 Å². The lowest BCUT2D eigenvalue weighted by Crippen LogP contribution is -2.43. The Hall–Kier alpha value is -4.02. The Morgan fingerprint density at radius 2 is 1.74 bits per heavy atom. The third-order valence-corrected chi connectivity index (χ3v) is 7.81. The van der Waals surface area contributed by atoms with Gasteiger partial charge in [0.25, 0.3) is 5.91 Å². The molecule has 3 N–H and O–H groups in total. The molecule has 1 amide bonds. The summed E-state index contributed by atoms with van der Waals surface area (Å²) in [7, 11) is 0. The van der Waals surface area contributed by atoms with E-state index in [9.17, 15) is 19.4 Å². The van der Waals surface area contributed by atoms with Crippen LogP contribution in [0.2, 0.25) is 0 Å². The minimum absolute atomic E-state index is 0.0647. The van der Waals surface area contributed by atoms with Gasteiger partial charge in [-0.1, -0.05) is 0 Å². The summed E-state index contributed by atoms with van der Waals surface area (Å²) < 4.78 is 35.3. The fourth-order valence-corrected chi connectivity index (χ4v) is 5.13. The van der Waals surface area contributed by atoms with Crippen LogP contribution in [0.4, 0.5) is 8.78 Å². The van der Waals surface area contributed by atoms with Gasteiger partial charge in [-0.05, 0) is 101 Å². The van der Waals surface area contributed by atoms with Gasteiger partial charge in [0.15, 0.2) is 5.82 Å². The van der Waals surface area contributed by atoms with Crippen LogP contribution in [0.1, 0.15) is 66.8 Å². The van der Waals surface area contributed by atoms with Crippen molar-refractivity contribution in [3.05, 3.63) is 82.7 Å². The fourth-order valence-electron chi connectivity index (χ4n) is 5.13. The highest BCUT2D eigenvalue weighted by atomic mass is 19.1. The number of aliphatic hydroxyl groups is 2. The van der Waals surface area contributed by atoms with Crippen molar-refractivity contribution in [3.63, 3.8) is 0 Å². The first kappa shape index (κ1) is 28.1. The number of aryl methyl sites for hydroxylation is 1. The molecule has 0 unspecified atom stereocenters. The summed E-state index contributed by atoms with van der Waals surface area (Å²) >= 11 is 0. The van der Waals surface area contributed by atoms with Gasteiger partial charge in [-0.3, -0.25) is 4.79 Å². The number of carbonyl (C=O) groups excluding carboxylic acids is 1. The van der Waals surface area contributed by atoms with Gasteiger partial charge in [-0.25, -0.2) is 13.8 Å². The van der Waals surface area contributed by atoms with Gasteiger partial charge in [0.1, 0.15) is 28.4 Å². The van der Waals surface area contributed by atoms with Crippen molar-refractivity contribution in [2.45, 2.75) is 63.8 Å². The zero-order valence-corrected chi connectivity index (χ0v) is 23.6. The second-order valence-corrected chi connectivity index (χ2v) is 11.9. The number of fused-ring (bicyclic) bond motifs is 1. The van der Waals surface area contributed by atoms with Crippen LogP contribution in [0.15, 0.2) is 48.5 Å². The number of hydrogen-bond donors (Lipinski definition) is 3. The Bertz CT molecular complexity index is 1680. The molecule has 2 aromatic heterocycles. The molecular formula is C32H32F2N4O4. The number of ether oxygens (including phenoxy) is 1. The van der Waals surface area contributed by atoms with E-state index in [4.69, 9.17) is 4.74 Å². The standard InChI is InChI=1S/C32H32F2N4O4/c1-17-12-19-13-20(14-25(28(19)38-37-17)42-23-10-11-23)30(39)35-16-32(41,21-6-7-21)26-15-24(31(2,3)40)27(34)29(36-26)18-4-8-22(33)9-5-18/h4-5,8-9,12-15,21,23,40-41H,6-7,10-11,16H2,1-3H3,(H,35,39)/t32-/m1/s1. The third-order valence-electron chi connectivity index (χ3n) is 7.81. The first-order valence-corrected chi connectivity index (χ1v) is 14.1. The first-order valence-electron chi connectivity index (χ1n) is 14.1. The SMILES string of the molecule is Cc1cc2cc(C(=O)NC[C@](O)(c3cc(C(C)(C)O)c(F)c(-c4ccc(F)cc4)n3)C3CC3)cc(OC3CC3)c2nn1.